The maximum absolute atomic E-state index is 12.4. The number of unbranched alkanes of at least 4 members (excludes halogenated alkanes) is 26. The first-order valence-electron chi connectivity index (χ1n) is 19.3. The van der Waals surface area contributed by atoms with Crippen molar-refractivity contribution in [3.63, 3.8) is 0 Å². The third-order valence-corrected chi connectivity index (χ3v) is 8.88. The van der Waals surface area contributed by atoms with Crippen molar-refractivity contribution in [3.05, 3.63) is 12.2 Å². The number of carbonyl (C=O) groups excluding carboxylic acids is 1. The van der Waals surface area contributed by atoms with Crippen LogP contribution >= 0.6 is 0 Å². The quantitative estimate of drug-likeness (QED) is 0.0426. The van der Waals surface area contributed by atoms with Gasteiger partial charge in [-0.3, -0.25) is 4.79 Å². The molecule has 0 radical (unpaired) electrons. The monoisotopic (exact) mass is 609 g/mol. The molecule has 0 bridgehead atoms. The van der Waals surface area contributed by atoms with Crippen LogP contribution in [0.15, 0.2) is 12.2 Å². The van der Waals surface area contributed by atoms with E-state index < -0.39 is 12.2 Å². The van der Waals surface area contributed by atoms with Crippen molar-refractivity contribution >= 4 is 5.97 Å². The maximum atomic E-state index is 12.4. The molecular weight excluding hydrogens is 532 g/mol. The lowest BCUT2D eigenvalue weighted by Crippen LogP contribution is -2.34. The molecule has 0 spiro atoms. The van der Waals surface area contributed by atoms with E-state index in [-0.39, 0.29) is 12.6 Å². The van der Waals surface area contributed by atoms with E-state index in [4.69, 9.17) is 4.74 Å². The average molecular weight is 609 g/mol. The third kappa shape index (κ3) is 32.3. The minimum Gasteiger partial charge on any atom is -0.460 e. The highest BCUT2D eigenvalue weighted by Gasteiger charge is 2.22. The minimum atomic E-state index is -0.977. The molecule has 0 aromatic heterocycles. The Morgan fingerprint density at radius 1 is 0.535 bits per heavy atom. The van der Waals surface area contributed by atoms with E-state index in [0.29, 0.717) is 12.8 Å². The molecule has 2 N–H and O–H groups in total. The van der Waals surface area contributed by atoms with E-state index >= 15 is 0 Å². The Bertz CT molecular complexity index is 576. The first-order chi connectivity index (χ1) is 21.2. The zero-order valence-corrected chi connectivity index (χ0v) is 29.1. The second-order valence-corrected chi connectivity index (χ2v) is 13.2. The molecule has 0 amide bonds. The second-order valence-electron chi connectivity index (χ2n) is 13.2. The van der Waals surface area contributed by atoms with Gasteiger partial charge in [0, 0.05) is 6.42 Å². The lowest BCUT2D eigenvalue weighted by atomic mass is 10.0. The molecule has 2 unspecified atom stereocenters. The van der Waals surface area contributed by atoms with E-state index in [1.54, 1.807) is 0 Å². The Morgan fingerprint density at radius 2 is 0.884 bits per heavy atom. The number of aliphatic hydroxyl groups is 2. The molecule has 0 aliphatic heterocycles. The van der Waals surface area contributed by atoms with Crippen LogP contribution in [0.3, 0.4) is 0 Å². The summed E-state index contributed by atoms with van der Waals surface area (Å²) in [6.45, 7) is 4.19. The molecule has 0 heterocycles. The fourth-order valence-electron chi connectivity index (χ4n) is 5.91. The first kappa shape index (κ1) is 42.1. The second kappa shape index (κ2) is 35.6. The Kier molecular flexibility index (Phi) is 34.9. The van der Waals surface area contributed by atoms with Crippen molar-refractivity contribution in [2.75, 3.05) is 6.61 Å². The molecule has 0 aromatic rings. The molecule has 43 heavy (non-hydrogen) atoms. The molecule has 0 fully saturated rings. The van der Waals surface area contributed by atoms with Crippen LogP contribution in [0.5, 0.6) is 0 Å². The van der Waals surface area contributed by atoms with Gasteiger partial charge in [0.2, 0.25) is 0 Å². The van der Waals surface area contributed by atoms with Crippen LogP contribution in [0.1, 0.15) is 213 Å². The van der Waals surface area contributed by atoms with Gasteiger partial charge in [-0.15, -0.1) is 0 Å². The van der Waals surface area contributed by atoms with E-state index in [1.807, 2.05) is 0 Å². The first-order valence-corrected chi connectivity index (χ1v) is 19.3. The van der Waals surface area contributed by atoms with Crippen molar-refractivity contribution in [1.29, 1.82) is 0 Å². The zero-order valence-electron chi connectivity index (χ0n) is 29.1. The lowest BCUT2D eigenvalue weighted by molar-refractivity contribution is -0.157. The molecule has 0 aliphatic rings. The maximum Gasteiger partial charge on any atom is 0.306 e. The lowest BCUT2D eigenvalue weighted by Gasteiger charge is -2.22. The fraction of sp³-hybridized carbons (Fsp3) is 0.923. The summed E-state index contributed by atoms with van der Waals surface area (Å²) in [7, 11) is 0. The Hall–Kier alpha value is -0.870. The van der Waals surface area contributed by atoms with Gasteiger partial charge in [0.15, 0.2) is 0 Å². The van der Waals surface area contributed by atoms with Gasteiger partial charge in [0.1, 0.15) is 12.2 Å². The van der Waals surface area contributed by atoms with Crippen molar-refractivity contribution in [3.8, 4) is 0 Å². The standard InChI is InChI=1S/C39H76O4/c1-3-5-7-9-11-13-15-17-19-21-22-24-26-28-30-32-34-38(37(41)36-40)43-39(42)35-33-31-29-27-25-23-20-18-16-14-12-10-8-6-4-2/h18,20,37-38,40-41H,3-17,19,21-36H2,1-2H3/b20-18-. The summed E-state index contributed by atoms with van der Waals surface area (Å²) in [6, 6.07) is 0. The van der Waals surface area contributed by atoms with Crippen molar-refractivity contribution in [2.45, 2.75) is 225 Å². The van der Waals surface area contributed by atoms with E-state index in [1.165, 1.54) is 148 Å². The molecule has 2 atom stereocenters. The predicted molar refractivity (Wildman–Crippen MR) is 187 cm³/mol. The van der Waals surface area contributed by atoms with Gasteiger partial charge in [-0.25, -0.2) is 0 Å². The minimum absolute atomic E-state index is 0.230. The molecule has 0 saturated carbocycles. The SMILES string of the molecule is CCCCCCCC/C=C\CCCCCCCC(=O)OC(CCCCCCCCCCCCCCCCCC)C(O)CO. The van der Waals surface area contributed by atoms with Gasteiger partial charge in [0.25, 0.3) is 0 Å². The summed E-state index contributed by atoms with van der Waals surface area (Å²) in [4.78, 5) is 12.4. The number of allylic oxidation sites excluding steroid dienone is 2. The smallest absolute Gasteiger partial charge is 0.306 e. The molecule has 0 rings (SSSR count). The van der Waals surface area contributed by atoms with Crippen LogP contribution in [-0.4, -0.2) is 35.0 Å². The summed E-state index contributed by atoms with van der Waals surface area (Å²) < 4.78 is 5.59. The summed E-state index contributed by atoms with van der Waals surface area (Å²) in [5.41, 5.74) is 0. The zero-order chi connectivity index (χ0) is 31.5. The average Bonchev–Trinajstić information content (AvgIpc) is 3.01. The highest BCUT2D eigenvalue weighted by molar-refractivity contribution is 5.69. The normalized spacial score (nSPS) is 13.1. The molecule has 0 aliphatic carbocycles. The summed E-state index contributed by atoms with van der Waals surface area (Å²) in [5, 5.41) is 19.6. The number of hydrogen-bond acceptors (Lipinski definition) is 4. The van der Waals surface area contributed by atoms with Gasteiger partial charge in [0.05, 0.1) is 6.61 Å². The fourth-order valence-corrected chi connectivity index (χ4v) is 5.91. The molecule has 0 saturated heterocycles. The van der Waals surface area contributed by atoms with Gasteiger partial charge in [-0.05, 0) is 44.9 Å². The molecule has 4 nitrogen and oxygen atoms in total. The molecule has 0 aromatic carbocycles. The van der Waals surface area contributed by atoms with Crippen LogP contribution in [0, 0.1) is 0 Å². The number of ether oxygens (including phenoxy) is 1. The Labute approximate surface area is 269 Å². The van der Waals surface area contributed by atoms with Crippen LogP contribution in [-0.2, 0) is 9.53 Å². The van der Waals surface area contributed by atoms with Gasteiger partial charge in [-0.2, -0.15) is 0 Å². The Balaban J connectivity index is 3.65. The summed E-state index contributed by atoms with van der Waals surface area (Å²) in [6.07, 6.45) is 41.3. The summed E-state index contributed by atoms with van der Waals surface area (Å²) in [5.74, 6) is -0.230. The van der Waals surface area contributed by atoms with Crippen LogP contribution in [0.2, 0.25) is 0 Å². The largest absolute Gasteiger partial charge is 0.460 e. The van der Waals surface area contributed by atoms with Gasteiger partial charge < -0.3 is 14.9 Å². The predicted octanol–water partition coefficient (Wildman–Crippen LogP) is 11.9. The number of rotatable bonds is 35. The number of esters is 1. The number of hydrogen-bond donors (Lipinski definition) is 2. The van der Waals surface area contributed by atoms with Gasteiger partial charge >= 0.3 is 5.97 Å². The van der Waals surface area contributed by atoms with Crippen LogP contribution < -0.4 is 0 Å². The molecule has 256 valence electrons. The highest BCUT2D eigenvalue weighted by Crippen LogP contribution is 2.17. The van der Waals surface area contributed by atoms with E-state index in [9.17, 15) is 15.0 Å². The third-order valence-electron chi connectivity index (χ3n) is 8.88. The Morgan fingerprint density at radius 3 is 1.28 bits per heavy atom. The topological polar surface area (TPSA) is 66.8 Å². The van der Waals surface area contributed by atoms with Gasteiger partial charge in [-0.1, -0.05) is 174 Å². The van der Waals surface area contributed by atoms with E-state index in [2.05, 4.69) is 26.0 Å². The van der Waals surface area contributed by atoms with Crippen molar-refractivity contribution in [2.24, 2.45) is 0 Å². The van der Waals surface area contributed by atoms with Crippen LogP contribution in [0.25, 0.3) is 0 Å². The highest BCUT2D eigenvalue weighted by atomic mass is 16.6. The van der Waals surface area contributed by atoms with Crippen molar-refractivity contribution in [1.82, 2.24) is 0 Å². The molecular formula is C39H76O4. The van der Waals surface area contributed by atoms with Crippen LogP contribution in [0.4, 0.5) is 0 Å². The number of carbonyl (C=O) groups is 1. The van der Waals surface area contributed by atoms with E-state index in [0.717, 1.165) is 38.5 Å². The number of aliphatic hydroxyl groups excluding tert-OH is 2. The molecule has 4 heteroatoms. The summed E-state index contributed by atoms with van der Waals surface area (Å²) >= 11 is 0. The van der Waals surface area contributed by atoms with Crippen molar-refractivity contribution < 1.29 is 19.7 Å².